The smallest absolute Gasteiger partial charge is 0.220 e. The zero-order valence-corrected chi connectivity index (χ0v) is 9.16. The topological polar surface area (TPSA) is 29.1 Å². The summed E-state index contributed by atoms with van der Waals surface area (Å²) in [6.45, 7) is 4.03. The number of alkyl halides is 1. The van der Waals surface area contributed by atoms with Gasteiger partial charge in [0.2, 0.25) is 5.91 Å². The Morgan fingerprint density at radius 3 is 2.62 bits per heavy atom. The SMILES string of the molecule is CC(C)(CCCl)NC(=O)CC1CC1. The van der Waals surface area contributed by atoms with E-state index in [1.807, 2.05) is 13.8 Å². The Bertz CT molecular complexity index is 187. The van der Waals surface area contributed by atoms with Crippen LogP contribution in [0, 0.1) is 5.92 Å². The van der Waals surface area contributed by atoms with Gasteiger partial charge < -0.3 is 5.32 Å². The summed E-state index contributed by atoms with van der Waals surface area (Å²) in [5.74, 6) is 1.43. The lowest BCUT2D eigenvalue weighted by Crippen LogP contribution is -2.43. The van der Waals surface area contributed by atoms with Crippen LogP contribution in [0.4, 0.5) is 0 Å². The molecular weight excluding hydrogens is 186 g/mol. The van der Waals surface area contributed by atoms with Crippen LogP contribution in [0.25, 0.3) is 0 Å². The number of halogens is 1. The molecule has 1 aliphatic rings. The zero-order chi connectivity index (χ0) is 9.90. The van der Waals surface area contributed by atoms with Crippen LogP contribution in [-0.2, 0) is 4.79 Å². The van der Waals surface area contributed by atoms with Gasteiger partial charge in [-0.3, -0.25) is 4.79 Å². The van der Waals surface area contributed by atoms with Crippen LogP contribution in [0.5, 0.6) is 0 Å². The number of hydrogen-bond donors (Lipinski definition) is 1. The first-order valence-corrected chi connectivity index (χ1v) is 5.44. The number of rotatable bonds is 5. The van der Waals surface area contributed by atoms with E-state index in [1.54, 1.807) is 0 Å². The van der Waals surface area contributed by atoms with Gasteiger partial charge in [-0.1, -0.05) is 0 Å². The summed E-state index contributed by atoms with van der Waals surface area (Å²) in [5, 5.41) is 3.01. The summed E-state index contributed by atoms with van der Waals surface area (Å²) < 4.78 is 0. The third kappa shape index (κ3) is 4.51. The zero-order valence-electron chi connectivity index (χ0n) is 8.40. The van der Waals surface area contributed by atoms with Crippen molar-refractivity contribution in [2.24, 2.45) is 5.92 Å². The van der Waals surface area contributed by atoms with Crippen LogP contribution in [-0.4, -0.2) is 17.3 Å². The third-order valence-corrected chi connectivity index (χ3v) is 2.56. The number of carbonyl (C=O) groups is 1. The lowest BCUT2D eigenvalue weighted by Gasteiger charge is -2.25. The molecule has 0 unspecified atom stereocenters. The van der Waals surface area contributed by atoms with Gasteiger partial charge in [0.15, 0.2) is 0 Å². The second-order valence-electron chi connectivity index (χ2n) is 4.52. The van der Waals surface area contributed by atoms with Crippen molar-refractivity contribution in [2.45, 2.75) is 45.1 Å². The van der Waals surface area contributed by atoms with Crippen molar-refractivity contribution in [2.75, 3.05) is 5.88 Å². The van der Waals surface area contributed by atoms with Crippen LogP contribution in [0.1, 0.15) is 39.5 Å². The maximum absolute atomic E-state index is 11.4. The maximum Gasteiger partial charge on any atom is 0.220 e. The lowest BCUT2D eigenvalue weighted by molar-refractivity contribution is -0.123. The molecule has 1 amide bonds. The van der Waals surface area contributed by atoms with Gasteiger partial charge >= 0.3 is 0 Å². The van der Waals surface area contributed by atoms with Gasteiger partial charge in [0, 0.05) is 17.8 Å². The fourth-order valence-corrected chi connectivity index (χ4v) is 1.78. The molecule has 1 saturated carbocycles. The molecule has 0 aromatic heterocycles. The predicted octanol–water partition coefficient (Wildman–Crippen LogP) is 2.31. The van der Waals surface area contributed by atoms with E-state index in [4.69, 9.17) is 11.6 Å². The third-order valence-electron chi connectivity index (χ3n) is 2.37. The van der Waals surface area contributed by atoms with Crippen molar-refractivity contribution in [3.8, 4) is 0 Å². The molecule has 1 N–H and O–H groups in total. The normalized spacial score (nSPS) is 17.2. The molecule has 0 aromatic carbocycles. The molecule has 0 aromatic rings. The van der Waals surface area contributed by atoms with Crippen molar-refractivity contribution in [1.82, 2.24) is 5.32 Å². The molecular formula is C10H18ClNO. The van der Waals surface area contributed by atoms with Crippen molar-refractivity contribution < 1.29 is 4.79 Å². The largest absolute Gasteiger partial charge is 0.351 e. The first-order valence-electron chi connectivity index (χ1n) is 4.90. The highest BCUT2D eigenvalue weighted by atomic mass is 35.5. The molecule has 1 rings (SSSR count). The Balaban J connectivity index is 2.23. The average Bonchev–Trinajstić information content (AvgIpc) is 2.68. The summed E-state index contributed by atoms with van der Waals surface area (Å²) in [7, 11) is 0. The highest BCUT2D eigenvalue weighted by Crippen LogP contribution is 2.32. The molecule has 76 valence electrons. The molecule has 0 spiro atoms. The van der Waals surface area contributed by atoms with E-state index in [0.29, 0.717) is 18.2 Å². The maximum atomic E-state index is 11.4. The lowest BCUT2D eigenvalue weighted by atomic mass is 10.0. The van der Waals surface area contributed by atoms with Crippen molar-refractivity contribution in [1.29, 1.82) is 0 Å². The second-order valence-corrected chi connectivity index (χ2v) is 4.90. The number of amides is 1. The van der Waals surface area contributed by atoms with E-state index in [2.05, 4.69) is 5.32 Å². The van der Waals surface area contributed by atoms with Crippen LogP contribution in [0.15, 0.2) is 0 Å². The molecule has 1 fully saturated rings. The van der Waals surface area contributed by atoms with Gasteiger partial charge in [0.05, 0.1) is 0 Å². The van der Waals surface area contributed by atoms with Crippen LogP contribution >= 0.6 is 11.6 Å². The van der Waals surface area contributed by atoms with Crippen molar-refractivity contribution in [3.63, 3.8) is 0 Å². The second kappa shape index (κ2) is 4.32. The van der Waals surface area contributed by atoms with E-state index in [1.165, 1.54) is 12.8 Å². The molecule has 2 nitrogen and oxygen atoms in total. The molecule has 0 atom stereocenters. The Morgan fingerprint density at radius 2 is 2.15 bits per heavy atom. The number of nitrogens with one attached hydrogen (secondary N) is 1. The monoisotopic (exact) mass is 203 g/mol. The van der Waals surface area contributed by atoms with E-state index in [-0.39, 0.29) is 11.4 Å². The van der Waals surface area contributed by atoms with Gasteiger partial charge in [0.25, 0.3) is 0 Å². The first kappa shape index (κ1) is 10.8. The summed E-state index contributed by atoms with van der Waals surface area (Å²) in [6, 6.07) is 0. The average molecular weight is 204 g/mol. The van der Waals surface area contributed by atoms with Crippen molar-refractivity contribution >= 4 is 17.5 Å². The molecule has 0 bridgehead atoms. The summed E-state index contributed by atoms with van der Waals surface area (Å²) in [5.41, 5.74) is -0.145. The molecule has 1 aliphatic carbocycles. The van der Waals surface area contributed by atoms with Gasteiger partial charge in [-0.05, 0) is 39.0 Å². The fraction of sp³-hybridized carbons (Fsp3) is 0.900. The van der Waals surface area contributed by atoms with Crippen LogP contribution < -0.4 is 5.32 Å². The minimum Gasteiger partial charge on any atom is -0.351 e. The van der Waals surface area contributed by atoms with E-state index < -0.39 is 0 Å². The standard InChI is InChI=1S/C10H18ClNO/c1-10(2,5-6-11)12-9(13)7-8-3-4-8/h8H,3-7H2,1-2H3,(H,12,13). The quantitative estimate of drug-likeness (QED) is 0.683. The minimum absolute atomic E-state index is 0.145. The van der Waals surface area contributed by atoms with E-state index >= 15 is 0 Å². The van der Waals surface area contributed by atoms with E-state index in [9.17, 15) is 4.79 Å². The van der Waals surface area contributed by atoms with Gasteiger partial charge in [0.1, 0.15) is 0 Å². The highest BCUT2D eigenvalue weighted by molar-refractivity contribution is 6.17. The molecule has 13 heavy (non-hydrogen) atoms. The molecule has 0 radical (unpaired) electrons. The Hall–Kier alpha value is -0.240. The van der Waals surface area contributed by atoms with Gasteiger partial charge in [-0.25, -0.2) is 0 Å². The summed E-state index contributed by atoms with van der Waals surface area (Å²) in [4.78, 5) is 11.4. The predicted molar refractivity (Wildman–Crippen MR) is 54.9 cm³/mol. The number of hydrogen-bond acceptors (Lipinski definition) is 1. The molecule has 0 aliphatic heterocycles. The van der Waals surface area contributed by atoms with Crippen molar-refractivity contribution in [3.05, 3.63) is 0 Å². The molecule has 3 heteroatoms. The minimum atomic E-state index is -0.145. The van der Waals surface area contributed by atoms with Gasteiger partial charge in [-0.15, -0.1) is 11.6 Å². The Morgan fingerprint density at radius 1 is 1.54 bits per heavy atom. The van der Waals surface area contributed by atoms with Crippen LogP contribution in [0.3, 0.4) is 0 Å². The summed E-state index contributed by atoms with van der Waals surface area (Å²) in [6.07, 6.45) is 3.98. The summed E-state index contributed by atoms with van der Waals surface area (Å²) >= 11 is 5.64. The Labute approximate surface area is 85.0 Å². The van der Waals surface area contributed by atoms with E-state index in [0.717, 1.165) is 6.42 Å². The highest BCUT2D eigenvalue weighted by Gasteiger charge is 2.27. The van der Waals surface area contributed by atoms with Gasteiger partial charge in [-0.2, -0.15) is 0 Å². The first-order chi connectivity index (χ1) is 6.03. The van der Waals surface area contributed by atoms with Crippen LogP contribution in [0.2, 0.25) is 0 Å². The Kier molecular flexibility index (Phi) is 3.60. The number of carbonyl (C=O) groups excluding carboxylic acids is 1. The molecule has 0 saturated heterocycles. The fourth-order valence-electron chi connectivity index (χ4n) is 1.31. The molecule has 0 heterocycles.